The van der Waals surface area contributed by atoms with E-state index < -0.39 is 6.67 Å². The summed E-state index contributed by atoms with van der Waals surface area (Å²) >= 11 is 0. The van der Waals surface area contributed by atoms with Crippen molar-refractivity contribution < 1.29 is 9.18 Å². The van der Waals surface area contributed by atoms with Crippen molar-refractivity contribution in [2.24, 2.45) is 7.05 Å². The smallest absolute Gasteiger partial charge is 0.245 e. The van der Waals surface area contributed by atoms with Crippen LogP contribution in [0.2, 0.25) is 0 Å². The molecule has 27 heavy (non-hydrogen) atoms. The van der Waals surface area contributed by atoms with E-state index in [0.29, 0.717) is 23.7 Å². The Morgan fingerprint density at radius 2 is 2.22 bits per heavy atom. The molecule has 0 aromatic carbocycles. The predicted octanol–water partition coefficient (Wildman–Crippen LogP) is 0.902. The molecule has 2 aliphatic heterocycles. The number of alkyl halides is 1. The standard InChI is InChI=1S/C17H19FN8O/c1-24-8-10(6-20-24)14-15-12(22-23-14)7-19-17(21-15)26-11-2-3-13(26)16(27)25(9-11)5-4-18/h6-8,11,13H,2-5,9H2,1H3,(H,22,23). The zero-order chi connectivity index (χ0) is 18.5. The normalized spacial score (nSPS) is 22.2. The van der Waals surface area contributed by atoms with Gasteiger partial charge in [0.25, 0.3) is 0 Å². The molecule has 3 aromatic heterocycles. The van der Waals surface area contributed by atoms with Crippen LogP contribution in [0.15, 0.2) is 18.6 Å². The molecule has 2 bridgehead atoms. The molecular weight excluding hydrogens is 351 g/mol. The van der Waals surface area contributed by atoms with Crippen molar-refractivity contribution >= 4 is 22.9 Å². The van der Waals surface area contributed by atoms with E-state index in [2.05, 4.69) is 20.3 Å². The summed E-state index contributed by atoms with van der Waals surface area (Å²) in [7, 11) is 1.85. The molecule has 9 nitrogen and oxygen atoms in total. The van der Waals surface area contributed by atoms with Crippen molar-refractivity contribution in [2.75, 3.05) is 24.7 Å². The van der Waals surface area contributed by atoms with Crippen molar-refractivity contribution in [3.05, 3.63) is 18.6 Å². The molecule has 5 rings (SSSR count). The lowest BCUT2D eigenvalue weighted by Gasteiger charge is -2.40. The van der Waals surface area contributed by atoms with Crippen LogP contribution in [0, 0.1) is 0 Å². The van der Waals surface area contributed by atoms with Gasteiger partial charge in [-0.05, 0) is 12.8 Å². The van der Waals surface area contributed by atoms with Gasteiger partial charge in [-0.25, -0.2) is 14.4 Å². The van der Waals surface area contributed by atoms with Gasteiger partial charge in [-0.3, -0.25) is 14.6 Å². The Morgan fingerprint density at radius 1 is 1.33 bits per heavy atom. The summed E-state index contributed by atoms with van der Waals surface area (Å²) in [4.78, 5) is 25.5. The van der Waals surface area contributed by atoms with E-state index >= 15 is 0 Å². The minimum atomic E-state index is -0.517. The van der Waals surface area contributed by atoms with E-state index in [4.69, 9.17) is 4.98 Å². The summed E-state index contributed by atoms with van der Waals surface area (Å²) in [5.41, 5.74) is 3.00. The first-order chi connectivity index (χ1) is 13.2. The Hall–Kier alpha value is -3.04. The molecule has 2 saturated heterocycles. The number of halogens is 1. The fourth-order valence-electron chi connectivity index (χ4n) is 4.14. The average molecular weight is 370 g/mol. The second-order valence-corrected chi connectivity index (χ2v) is 7.03. The zero-order valence-electron chi connectivity index (χ0n) is 14.8. The molecule has 2 unspecified atom stereocenters. The number of rotatable bonds is 4. The van der Waals surface area contributed by atoms with E-state index in [0.717, 1.165) is 23.9 Å². The van der Waals surface area contributed by atoms with Gasteiger partial charge < -0.3 is 9.80 Å². The molecule has 0 aliphatic carbocycles. The maximum atomic E-state index is 12.7. The van der Waals surface area contributed by atoms with Crippen molar-refractivity contribution in [1.82, 2.24) is 34.8 Å². The zero-order valence-corrected chi connectivity index (χ0v) is 14.8. The minimum Gasteiger partial charge on any atom is -0.336 e. The second kappa shape index (κ2) is 6.00. The van der Waals surface area contributed by atoms with Crippen LogP contribution in [0.5, 0.6) is 0 Å². The molecule has 1 amide bonds. The number of aromatic nitrogens is 6. The molecule has 140 valence electrons. The number of aromatic amines is 1. The second-order valence-electron chi connectivity index (χ2n) is 7.03. The van der Waals surface area contributed by atoms with Crippen LogP contribution in [-0.2, 0) is 11.8 Å². The number of carbonyl (C=O) groups is 1. The number of H-pyrrole nitrogens is 1. The Balaban J connectivity index is 1.53. The van der Waals surface area contributed by atoms with Gasteiger partial charge in [-0.1, -0.05) is 0 Å². The van der Waals surface area contributed by atoms with Gasteiger partial charge in [0.05, 0.1) is 18.4 Å². The molecule has 1 N–H and O–H groups in total. The SMILES string of the molecule is Cn1cc(-c2n[nH]c3cnc(N4C5CCC4C(=O)N(CCF)C5)nc23)cn1. The van der Waals surface area contributed by atoms with Crippen molar-refractivity contribution in [1.29, 1.82) is 0 Å². The van der Waals surface area contributed by atoms with E-state index in [-0.39, 0.29) is 24.5 Å². The first kappa shape index (κ1) is 16.2. The molecule has 2 fully saturated rings. The Bertz CT molecular complexity index is 1010. The highest BCUT2D eigenvalue weighted by molar-refractivity contribution is 5.91. The van der Waals surface area contributed by atoms with Crippen LogP contribution in [-0.4, -0.2) is 72.6 Å². The minimum absolute atomic E-state index is 0.0372. The fourth-order valence-corrected chi connectivity index (χ4v) is 4.14. The number of aryl methyl sites for hydroxylation is 1. The Kier molecular flexibility index (Phi) is 3.59. The third-order valence-electron chi connectivity index (χ3n) is 5.38. The summed E-state index contributed by atoms with van der Waals surface area (Å²) < 4.78 is 14.5. The number of nitrogens with one attached hydrogen (secondary N) is 1. The van der Waals surface area contributed by atoms with E-state index in [1.807, 2.05) is 18.1 Å². The highest BCUT2D eigenvalue weighted by atomic mass is 19.1. The van der Waals surface area contributed by atoms with Crippen LogP contribution in [0.1, 0.15) is 12.8 Å². The molecule has 0 spiro atoms. The van der Waals surface area contributed by atoms with Crippen LogP contribution >= 0.6 is 0 Å². The summed E-state index contributed by atoms with van der Waals surface area (Å²) in [5.74, 6) is 0.486. The molecule has 10 heteroatoms. The quantitative estimate of drug-likeness (QED) is 0.733. The van der Waals surface area contributed by atoms with Gasteiger partial charge in [0, 0.05) is 31.9 Å². The van der Waals surface area contributed by atoms with Crippen molar-refractivity contribution in [3.8, 4) is 11.3 Å². The van der Waals surface area contributed by atoms with Gasteiger partial charge in [0.15, 0.2) is 0 Å². The highest BCUT2D eigenvalue weighted by Crippen LogP contribution is 2.35. The average Bonchev–Trinajstić information content (AvgIpc) is 3.35. The maximum Gasteiger partial charge on any atom is 0.245 e. The lowest BCUT2D eigenvalue weighted by Crippen LogP contribution is -2.58. The summed E-state index contributed by atoms with van der Waals surface area (Å²) in [6, 6.07) is -0.202. The largest absolute Gasteiger partial charge is 0.336 e. The number of likely N-dealkylation sites (tertiary alicyclic amines) is 1. The maximum absolute atomic E-state index is 12.7. The Morgan fingerprint density at radius 3 is 3.00 bits per heavy atom. The van der Waals surface area contributed by atoms with Gasteiger partial charge >= 0.3 is 0 Å². The third-order valence-corrected chi connectivity index (χ3v) is 5.38. The summed E-state index contributed by atoms with van der Waals surface area (Å²) in [6.45, 7) is 0.158. The number of hydrogen-bond donors (Lipinski definition) is 1. The number of carbonyl (C=O) groups excluding carboxylic acids is 1. The van der Waals surface area contributed by atoms with Crippen molar-refractivity contribution in [2.45, 2.75) is 24.9 Å². The molecular formula is C17H19FN8O. The Labute approximate surface area is 154 Å². The fraction of sp³-hybridized carbons (Fsp3) is 0.471. The first-order valence-corrected chi connectivity index (χ1v) is 8.99. The topological polar surface area (TPSA) is 95.8 Å². The summed E-state index contributed by atoms with van der Waals surface area (Å²) in [6.07, 6.45) is 6.93. The monoisotopic (exact) mass is 370 g/mol. The van der Waals surface area contributed by atoms with E-state index in [9.17, 15) is 9.18 Å². The molecule has 0 saturated carbocycles. The van der Waals surface area contributed by atoms with E-state index in [1.165, 1.54) is 0 Å². The van der Waals surface area contributed by atoms with Crippen LogP contribution in [0.25, 0.3) is 22.3 Å². The molecule has 2 aliphatic rings. The van der Waals surface area contributed by atoms with Crippen molar-refractivity contribution in [3.63, 3.8) is 0 Å². The molecule has 0 radical (unpaired) electrons. The van der Waals surface area contributed by atoms with Gasteiger partial charge in [-0.2, -0.15) is 10.2 Å². The van der Waals surface area contributed by atoms with Gasteiger partial charge in [0.1, 0.15) is 29.4 Å². The molecule has 2 atom stereocenters. The number of amides is 1. The van der Waals surface area contributed by atoms with Gasteiger partial charge in [-0.15, -0.1) is 0 Å². The lowest BCUT2D eigenvalue weighted by atomic mass is 10.2. The number of hydrogen-bond acceptors (Lipinski definition) is 6. The van der Waals surface area contributed by atoms with Crippen LogP contribution in [0.4, 0.5) is 10.3 Å². The first-order valence-electron chi connectivity index (χ1n) is 8.99. The lowest BCUT2D eigenvalue weighted by molar-refractivity contribution is -0.134. The van der Waals surface area contributed by atoms with E-state index in [1.54, 1.807) is 22.0 Å². The third kappa shape index (κ3) is 2.47. The van der Waals surface area contributed by atoms with Crippen LogP contribution in [0.3, 0.4) is 0 Å². The predicted molar refractivity (Wildman–Crippen MR) is 95.7 cm³/mol. The van der Waals surface area contributed by atoms with Gasteiger partial charge in [0.2, 0.25) is 11.9 Å². The number of piperazine rings is 1. The number of fused-ring (bicyclic) bond motifs is 3. The number of nitrogens with zero attached hydrogens (tertiary/aromatic N) is 7. The highest BCUT2D eigenvalue weighted by Gasteiger charge is 2.46. The van der Waals surface area contributed by atoms with Crippen LogP contribution < -0.4 is 4.90 Å². The number of anilines is 1. The summed E-state index contributed by atoms with van der Waals surface area (Å²) in [5, 5.41) is 11.5. The molecule has 5 heterocycles. The molecule has 3 aromatic rings.